The van der Waals surface area contributed by atoms with Crippen LogP contribution in [0, 0.1) is 0 Å². The molecule has 0 aliphatic rings. The Hall–Kier alpha value is -2.04. The van der Waals surface area contributed by atoms with Gasteiger partial charge in [-0.3, -0.25) is 4.79 Å². The molecule has 0 aliphatic carbocycles. The summed E-state index contributed by atoms with van der Waals surface area (Å²) in [6.07, 6.45) is 0.897. The Morgan fingerprint density at radius 2 is 2.00 bits per heavy atom. The molecule has 0 spiro atoms. The number of benzene rings is 1. The van der Waals surface area contributed by atoms with Crippen LogP contribution in [0.25, 0.3) is 0 Å². The SMILES string of the molecule is CCCNC(=O)CN(C)c1ccccc1C(=O)OC. The molecule has 0 saturated heterocycles. The van der Waals surface area contributed by atoms with Crippen LogP contribution >= 0.6 is 0 Å². The quantitative estimate of drug-likeness (QED) is 0.790. The molecule has 1 rings (SSSR count). The summed E-state index contributed by atoms with van der Waals surface area (Å²) in [5.74, 6) is -0.472. The lowest BCUT2D eigenvalue weighted by Gasteiger charge is -2.21. The average Bonchev–Trinajstić information content (AvgIpc) is 2.44. The van der Waals surface area contributed by atoms with Crippen LogP contribution in [0.15, 0.2) is 24.3 Å². The smallest absolute Gasteiger partial charge is 0.339 e. The Bertz CT molecular complexity index is 446. The van der Waals surface area contributed by atoms with E-state index in [1.807, 2.05) is 13.0 Å². The minimum absolute atomic E-state index is 0.0657. The molecular formula is C14H20N2O3. The monoisotopic (exact) mass is 264 g/mol. The predicted molar refractivity (Wildman–Crippen MR) is 74.4 cm³/mol. The highest BCUT2D eigenvalue weighted by Gasteiger charge is 2.15. The van der Waals surface area contributed by atoms with Crippen LogP contribution in [-0.2, 0) is 9.53 Å². The van der Waals surface area contributed by atoms with E-state index in [1.54, 1.807) is 30.1 Å². The molecule has 0 saturated carbocycles. The Labute approximate surface area is 113 Å². The first-order valence-electron chi connectivity index (χ1n) is 6.25. The molecule has 19 heavy (non-hydrogen) atoms. The Balaban J connectivity index is 2.79. The summed E-state index contributed by atoms with van der Waals surface area (Å²) in [7, 11) is 3.11. The molecule has 0 heterocycles. The average molecular weight is 264 g/mol. The summed E-state index contributed by atoms with van der Waals surface area (Å²) in [5, 5.41) is 2.80. The fourth-order valence-electron chi connectivity index (χ4n) is 1.71. The molecule has 5 nitrogen and oxygen atoms in total. The summed E-state index contributed by atoms with van der Waals surface area (Å²) in [4.78, 5) is 25.0. The van der Waals surface area contributed by atoms with E-state index in [4.69, 9.17) is 4.74 Å². The highest BCUT2D eigenvalue weighted by Crippen LogP contribution is 2.19. The summed E-state index contributed by atoms with van der Waals surface area (Å²) in [6.45, 7) is 2.86. The van der Waals surface area contributed by atoms with E-state index in [9.17, 15) is 9.59 Å². The third-order valence-electron chi connectivity index (χ3n) is 2.67. The van der Waals surface area contributed by atoms with Crippen LogP contribution in [0.3, 0.4) is 0 Å². The molecule has 0 radical (unpaired) electrons. The summed E-state index contributed by atoms with van der Waals surface area (Å²) >= 11 is 0. The molecule has 0 aliphatic heterocycles. The number of hydrogen-bond donors (Lipinski definition) is 1. The molecule has 0 fully saturated rings. The van der Waals surface area contributed by atoms with Gasteiger partial charge in [0.1, 0.15) is 0 Å². The maximum absolute atomic E-state index is 11.7. The van der Waals surface area contributed by atoms with Gasteiger partial charge in [-0.1, -0.05) is 19.1 Å². The van der Waals surface area contributed by atoms with Crippen molar-refractivity contribution in [3.63, 3.8) is 0 Å². The van der Waals surface area contributed by atoms with Gasteiger partial charge in [0.2, 0.25) is 5.91 Å². The molecule has 0 unspecified atom stereocenters. The van der Waals surface area contributed by atoms with E-state index in [2.05, 4.69) is 5.32 Å². The Morgan fingerprint density at radius 3 is 2.63 bits per heavy atom. The van der Waals surface area contributed by atoms with Crippen LogP contribution in [-0.4, -0.2) is 39.1 Å². The zero-order chi connectivity index (χ0) is 14.3. The largest absolute Gasteiger partial charge is 0.465 e. The van der Waals surface area contributed by atoms with Crippen LogP contribution in [0.2, 0.25) is 0 Å². The molecule has 0 atom stereocenters. The number of carbonyl (C=O) groups is 2. The van der Waals surface area contributed by atoms with Gasteiger partial charge < -0.3 is 15.0 Å². The lowest BCUT2D eigenvalue weighted by atomic mass is 10.1. The summed E-state index contributed by atoms with van der Waals surface area (Å²) in [5.41, 5.74) is 1.14. The van der Waals surface area contributed by atoms with Crippen LogP contribution in [0.1, 0.15) is 23.7 Å². The molecule has 5 heteroatoms. The molecule has 1 aromatic carbocycles. The number of amides is 1. The maximum atomic E-state index is 11.7. The van der Waals surface area contributed by atoms with Crippen molar-refractivity contribution in [1.29, 1.82) is 0 Å². The molecule has 104 valence electrons. The number of carbonyl (C=O) groups excluding carboxylic acids is 2. The fraction of sp³-hybridized carbons (Fsp3) is 0.429. The van der Waals surface area contributed by atoms with Gasteiger partial charge in [0.25, 0.3) is 0 Å². The third kappa shape index (κ3) is 4.28. The minimum atomic E-state index is -0.406. The molecule has 0 aromatic heterocycles. The highest BCUT2D eigenvalue weighted by atomic mass is 16.5. The molecular weight excluding hydrogens is 244 g/mol. The second kappa shape index (κ2) is 7.41. The standard InChI is InChI=1S/C14H20N2O3/c1-4-9-15-13(17)10-16(2)12-8-6-5-7-11(12)14(18)19-3/h5-8H,4,9-10H2,1-3H3,(H,15,17). The van der Waals surface area contributed by atoms with Crippen LogP contribution in [0.5, 0.6) is 0 Å². The van der Waals surface area contributed by atoms with Crippen LogP contribution in [0.4, 0.5) is 5.69 Å². The van der Waals surface area contributed by atoms with Crippen LogP contribution < -0.4 is 10.2 Å². The van der Waals surface area contributed by atoms with Crippen molar-refractivity contribution in [2.75, 3.05) is 32.1 Å². The van der Waals surface area contributed by atoms with Crippen molar-refractivity contribution in [3.8, 4) is 0 Å². The van der Waals surface area contributed by atoms with Crippen molar-refractivity contribution < 1.29 is 14.3 Å². The number of nitrogens with zero attached hydrogens (tertiary/aromatic N) is 1. The normalized spacial score (nSPS) is 9.84. The first kappa shape index (κ1) is 15.0. The number of methoxy groups -OCH3 is 1. The minimum Gasteiger partial charge on any atom is -0.465 e. The number of likely N-dealkylation sites (N-methyl/N-ethyl adjacent to an activating group) is 1. The van der Waals surface area contributed by atoms with E-state index < -0.39 is 5.97 Å². The zero-order valence-corrected chi connectivity index (χ0v) is 11.6. The fourth-order valence-corrected chi connectivity index (χ4v) is 1.71. The number of ether oxygens (including phenoxy) is 1. The van der Waals surface area contributed by atoms with Crippen molar-refractivity contribution >= 4 is 17.6 Å². The molecule has 0 bridgehead atoms. The van der Waals surface area contributed by atoms with Gasteiger partial charge in [-0.05, 0) is 18.6 Å². The van der Waals surface area contributed by atoms with E-state index >= 15 is 0 Å². The molecule has 1 amide bonds. The Morgan fingerprint density at radius 1 is 1.32 bits per heavy atom. The van der Waals surface area contributed by atoms with Crippen molar-refractivity contribution in [3.05, 3.63) is 29.8 Å². The van der Waals surface area contributed by atoms with E-state index in [-0.39, 0.29) is 12.5 Å². The van der Waals surface area contributed by atoms with Gasteiger partial charge in [-0.15, -0.1) is 0 Å². The third-order valence-corrected chi connectivity index (χ3v) is 2.67. The predicted octanol–water partition coefficient (Wildman–Crippen LogP) is 1.44. The van der Waals surface area contributed by atoms with Gasteiger partial charge in [-0.25, -0.2) is 4.79 Å². The number of nitrogens with one attached hydrogen (secondary N) is 1. The van der Waals surface area contributed by atoms with Gasteiger partial charge in [0.15, 0.2) is 0 Å². The second-order valence-corrected chi connectivity index (χ2v) is 4.21. The summed E-state index contributed by atoms with van der Waals surface area (Å²) in [6, 6.07) is 7.06. The second-order valence-electron chi connectivity index (χ2n) is 4.21. The maximum Gasteiger partial charge on any atom is 0.339 e. The highest BCUT2D eigenvalue weighted by molar-refractivity contribution is 5.96. The number of anilines is 1. The van der Waals surface area contributed by atoms with Crippen molar-refractivity contribution in [2.24, 2.45) is 0 Å². The van der Waals surface area contributed by atoms with Gasteiger partial charge >= 0.3 is 5.97 Å². The molecule has 1 aromatic rings. The number of para-hydroxylation sites is 1. The lowest BCUT2D eigenvalue weighted by molar-refractivity contribution is -0.119. The molecule has 1 N–H and O–H groups in total. The Kier molecular flexibility index (Phi) is 5.85. The number of hydrogen-bond acceptors (Lipinski definition) is 4. The summed E-state index contributed by atoms with van der Waals surface area (Å²) < 4.78 is 4.73. The first-order chi connectivity index (χ1) is 9.10. The van der Waals surface area contributed by atoms with Gasteiger partial charge in [0.05, 0.1) is 24.9 Å². The van der Waals surface area contributed by atoms with Crippen molar-refractivity contribution in [1.82, 2.24) is 5.32 Å². The van der Waals surface area contributed by atoms with E-state index in [0.717, 1.165) is 6.42 Å². The van der Waals surface area contributed by atoms with Gasteiger partial charge in [0, 0.05) is 13.6 Å². The number of esters is 1. The number of rotatable bonds is 6. The van der Waals surface area contributed by atoms with Crippen molar-refractivity contribution in [2.45, 2.75) is 13.3 Å². The van der Waals surface area contributed by atoms with Gasteiger partial charge in [-0.2, -0.15) is 0 Å². The van der Waals surface area contributed by atoms with E-state index in [0.29, 0.717) is 17.8 Å². The zero-order valence-electron chi connectivity index (χ0n) is 11.6. The lowest BCUT2D eigenvalue weighted by Crippen LogP contribution is -2.36. The topological polar surface area (TPSA) is 58.6 Å². The van der Waals surface area contributed by atoms with E-state index in [1.165, 1.54) is 7.11 Å². The first-order valence-corrected chi connectivity index (χ1v) is 6.25.